The van der Waals surface area contributed by atoms with E-state index in [4.69, 9.17) is 5.73 Å². The van der Waals surface area contributed by atoms with Crippen molar-refractivity contribution in [2.75, 3.05) is 10.2 Å². The van der Waals surface area contributed by atoms with Crippen molar-refractivity contribution in [3.8, 4) is 0 Å². The van der Waals surface area contributed by atoms with Crippen LogP contribution < -0.4 is 16.0 Å². The molecule has 154 valence electrons. The smallest absolute Gasteiger partial charge is 0.287 e. The van der Waals surface area contributed by atoms with Crippen molar-refractivity contribution >= 4 is 34.1 Å². The molecule has 4 N–H and O–H groups in total. The first-order valence-electron chi connectivity index (χ1n) is 9.80. The molecule has 0 spiro atoms. The van der Waals surface area contributed by atoms with Crippen LogP contribution in [-0.4, -0.2) is 49.1 Å². The summed E-state index contributed by atoms with van der Waals surface area (Å²) in [6.07, 6.45) is 6.81. The molecule has 30 heavy (non-hydrogen) atoms. The quantitative estimate of drug-likeness (QED) is 0.427. The van der Waals surface area contributed by atoms with Crippen molar-refractivity contribution in [1.82, 2.24) is 20.2 Å². The minimum absolute atomic E-state index is 0.0117. The summed E-state index contributed by atoms with van der Waals surface area (Å²) in [5, 5.41) is 23.2. The van der Waals surface area contributed by atoms with Gasteiger partial charge in [0.15, 0.2) is 11.3 Å². The van der Waals surface area contributed by atoms with Gasteiger partial charge in [-0.25, -0.2) is 4.98 Å². The Bertz CT molecular complexity index is 1110. The monoisotopic (exact) mass is 408 g/mol. The highest BCUT2D eigenvalue weighted by Gasteiger charge is 2.41. The van der Waals surface area contributed by atoms with Crippen molar-refractivity contribution < 1.29 is 9.72 Å². The van der Waals surface area contributed by atoms with E-state index in [-0.39, 0.29) is 29.5 Å². The lowest BCUT2D eigenvalue weighted by Crippen LogP contribution is -2.47. The van der Waals surface area contributed by atoms with Crippen molar-refractivity contribution in [3.05, 3.63) is 46.4 Å². The SMILES string of the molecule is NC(=O)c1nnc2[nH]ccc2c1NC1CC2CCC(C1)N2c1ccc([N+](=O)[O-])cn1. The summed E-state index contributed by atoms with van der Waals surface area (Å²) in [4.78, 5) is 31.9. The highest BCUT2D eigenvalue weighted by atomic mass is 16.6. The number of nitrogens with two attached hydrogens (primary N) is 1. The van der Waals surface area contributed by atoms with Gasteiger partial charge in [0.25, 0.3) is 11.6 Å². The molecule has 5 rings (SSSR count). The van der Waals surface area contributed by atoms with Crippen LogP contribution in [0.3, 0.4) is 0 Å². The molecule has 2 unspecified atom stereocenters. The van der Waals surface area contributed by atoms with Crippen molar-refractivity contribution in [1.29, 1.82) is 0 Å². The zero-order valence-corrected chi connectivity index (χ0v) is 16.0. The van der Waals surface area contributed by atoms with Crippen LogP contribution in [0.1, 0.15) is 36.2 Å². The number of fused-ring (bicyclic) bond motifs is 3. The second kappa shape index (κ2) is 6.94. The number of nitro groups is 1. The van der Waals surface area contributed by atoms with Crippen LogP contribution in [0.15, 0.2) is 30.6 Å². The number of nitrogens with zero attached hydrogens (tertiary/aromatic N) is 5. The van der Waals surface area contributed by atoms with E-state index in [2.05, 4.69) is 30.4 Å². The molecule has 2 aliphatic heterocycles. The van der Waals surface area contributed by atoms with Gasteiger partial charge in [-0.2, -0.15) is 0 Å². The van der Waals surface area contributed by atoms with Crippen LogP contribution in [0.2, 0.25) is 0 Å². The zero-order chi connectivity index (χ0) is 20.8. The van der Waals surface area contributed by atoms with Gasteiger partial charge in [-0.05, 0) is 37.8 Å². The van der Waals surface area contributed by atoms with Gasteiger partial charge in [-0.15, -0.1) is 10.2 Å². The van der Waals surface area contributed by atoms with E-state index in [1.807, 2.05) is 6.07 Å². The van der Waals surface area contributed by atoms with Gasteiger partial charge in [0, 0.05) is 35.8 Å². The standard InChI is InChI=1S/C19H20N8O3/c20-18(28)17-16(14-5-6-21-19(14)25-24-17)23-10-7-11-1-2-12(8-10)26(11)15-4-3-13(9-22-15)27(29)30/h3-6,9-12H,1-2,7-8H2,(H2,20,28)(H2,21,23,25). The Morgan fingerprint density at radius 1 is 1.23 bits per heavy atom. The van der Waals surface area contributed by atoms with Gasteiger partial charge in [0.1, 0.15) is 12.0 Å². The third-order valence-corrected chi connectivity index (χ3v) is 6.00. The summed E-state index contributed by atoms with van der Waals surface area (Å²) < 4.78 is 0. The molecule has 2 fully saturated rings. The van der Waals surface area contributed by atoms with Gasteiger partial charge in [0.05, 0.1) is 10.6 Å². The number of hydrogen-bond acceptors (Lipinski definition) is 8. The van der Waals surface area contributed by atoms with Crippen molar-refractivity contribution in [2.24, 2.45) is 5.73 Å². The number of carbonyl (C=O) groups is 1. The molecule has 11 heteroatoms. The second-order valence-electron chi connectivity index (χ2n) is 7.76. The molecular weight excluding hydrogens is 388 g/mol. The Morgan fingerprint density at radius 3 is 2.63 bits per heavy atom. The largest absolute Gasteiger partial charge is 0.380 e. The average Bonchev–Trinajstić information content (AvgIpc) is 3.31. The number of anilines is 2. The fraction of sp³-hybridized carbons (Fsp3) is 0.368. The fourth-order valence-corrected chi connectivity index (χ4v) is 4.75. The number of carbonyl (C=O) groups excluding carboxylic acids is 1. The van der Waals surface area contributed by atoms with Crippen LogP contribution in [0.5, 0.6) is 0 Å². The molecule has 2 saturated heterocycles. The number of aromatic amines is 1. The number of pyridine rings is 1. The molecule has 0 radical (unpaired) electrons. The molecule has 0 aliphatic carbocycles. The average molecular weight is 408 g/mol. The summed E-state index contributed by atoms with van der Waals surface area (Å²) in [7, 11) is 0. The van der Waals surface area contributed by atoms with Gasteiger partial charge in [-0.1, -0.05) is 0 Å². The van der Waals surface area contributed by atoms with Gasteiger partial charge >= 0.3 is 0 Å². The summed E-state index contributed by atoms with van der Waals surface area (Å²) >= 11 is 0. The minimum atomic E-state index is -0.622. The van der Waals surface area contributed by atoms with Crippen LogP contribution in [0.4, 0.5) is 17.2 Å². The summed E-state index contributed by atoms with van der Waals surface area (Å²) in [6.45, 7) is 0. The number of amides is 1. The highest BCUT2D eigenvalue weighted by Crippen LogP contribution is 2.40. The first-order chi connectivity index (χ1) is 14.5. The lowest BCUT2D eigenvalue weighted by Gasteiger charge is -2.40. The third-order valence-electron chi connectivity index (χ3n) is 6.00. The number of piperidine rings is 1. The Morgan fingerprint density at radius 2 is 2.00 bits per heavy atom. The molecule has 0 aromatic carbocycles. The number of aromatic nitrogens is 4. The molecule has 1 amide bonds. The molecule has 11 nitrogen and oxygen atoms in total. The summed E-state index contributed by atoms with van der Waals surface area (Å²) in [5.41, 5.74) is 6.85. The maximum absolute atomic E-state index is 11.9. The summed E-state index contributed by atoms with van der Waals surface area (Å²) in [5.74, 6) is 0.145. The Hall–Kier alpha value is -3.76. The third kappa shape index (κ3) is 2.98. The fourth-order valence-electron chi connectivity index (χ4n) is 4.75. The van der Waals surface area contributed by atoms with E-state index >= 15 is 0 Å². The van der Waals surface area contributed by atoms with E-state index < -0.39 is 10.8 Å². The van der Waals surface area contributed by atoms with Gasteiger partial charge in [0.2, 0.25) is 0 Å². The lowest BCUT2D eigenvalue weighted by molar-refractivity contribution is -0.385. The van der Waals surface area contributed by atoms with Crippen molar-refractivity contribution in [2.45, 2.75) is 43.8 Å². The molecule has 0 saturated carbocycles. The van der Waals surface area contributed by atoms with Crippen LogP contribution in [0, 0.1) is 10.1 Å². The summed E-state index contributed by atoms with van der Waals surface area (Å²) in [6, 6.07) is 5.74. The number of hydrogen-bond donors (Lipinski definition) is 3. The predicted molar refractivity (Wildman–Crippen MR) is 109 cm³/mol. The minimum Gasteiger partial charge on any atom is -0.380 e. The number of rotatable bonds is 5. The second-order valence-corrected chi connectivity index (χ2v) is 7.76. The maximum atomic E-state index is 11.9. The Labute approximate surface area is 170 Å². The first-order valence-corrected chi connectivity index (χ1v) is 9.80. The molecule has 3 aromatic heterocycles. The zero-order valence-electron chi connectivity index (χ0n) is 16.0. The lowest BCUT2D eigenvalue weighted by atomic mass is 9.96. The first kappa shape index (κ1) is 18.3. The molecule has 2 atom stereocenters. The van der Waals surface area contributed by atoms with E-state index in [1.54, 1.807) is 12.3 Å². The van der Waals surface area contributed by atoms with Crippen LogP contribution in [-0.2, 0) is 0 Å². The van der Waals surface area contributed by atoms with E-state index in [0.29, 0.717) is 11.3 Å². The van der Waals surface area contributed by atoms with Crippen molar-refractivity contribution in [3.63, 3.8) is 0 Å². The topological polar surface area (TPSA) is 156 Å². The highest BCUT2D eigenvalue weighted by molar-refractivity contribution is 6.04. The number of nitrogens with one attached hydrogen (secondary N) is 2. The Kier molecular flexibility index (Phi) is 4.23. The van der Waals surface area contributed by atoms with Crippen LogP contribution in [0.25, 0.3) is 11.0 Å². The van der Waals surface area contributed by atoms with E-state index in [0.717, 1.165) is 36.9 Å². The Balaban J connectivity index is 1.39. The molecule has 2 bridgehead atoms. The van der Waals surface area contributed by atoms with E-state index in [1.165, 1.54) is 12.3 Å². The van der Waals surface area contributed by atoms with Crippen LogP contribution >= 0.6 is 0 Å². The number of primary amides is 1. The maximum Gasteiger partial charge on any atom is 0.287 e. The number of H-pyrrole nitrogens is 1. The predicted octanol–water partition coefficient (Wildman–Crippen LogP) is 1.97. The molecule has 5 heterocycles. The molecular formula is C19H20N8O3. The molecule has 3 aromatic rings. The van der Waals surface area contributed by atoms with Gasteiger partial charge < -0.3 is 20.9 Å². The molecule has 2 aliphatic rings. The van der Waals surface area contributed by atoms with E-state index in [9.17, 15) is 14.9 Å². The normalized spacial score (nSPS) is 22.9. The van der Waals surface area contributed by atoms with Gasteiger partial charge in [-0.3, -0.25) is 14.9 Å².